The second kappa shape index (κ2) is 7.23. The molecule has 2 rings (SSSR count). The molecule has 0 aromatic rings. The monoisotopic (exact) mass is 284 g/mol. The lowest BCUT2D eigenvalue weighted by Crippen LogP contribution is -2.43. The topological polar surface area (TPSA) is 18.5 Å². The second-order valence-electron chi connectivity index (χ2n) is 6.64. The molecule has 0 amide bonds. The van der Waals surface area contributed by atoms with Gasteiger partial charge in [0.2, 0.25) is 0 Å². The average molecular weight is 285 g/mol. The molecular weight excluding hydrogens is 252 g/mol. The van der Waals surface area contributed by atoms with Crippen LogP contribution in [0.4, 0.5) is 0 Å². The van der Waals surface area contributed by atoms with Crippen molar-refractivity contribution in [1.29, 1.82) is 0 Å². The summed E-state index contributed by atoms with van der Waals surface area (Å²) in [5, 5.41) is 0.464. The quantitative estimate of drug-likeness (QED) is 0.672. The fourth-order valence-electron chi connectivity index (χ4n) is 4.39. The van der Waals surface area contributed by atoms with E-state index in [1.165, 1.54) is 51.4 Å². The highest BCUT2D eigenvalue weighted by Gasteiger charge is 2.50. The molecule has 0 atom stereocenters. The highest BCUT2D eigenvalue weighted by Crippen LogP contribution is 2.58. The van der Waals surface area contributed by atoms with Gasteiger partial charge in [-0.05, 0) is 51.4 Å². The third-order valence-electron chi connectivity index (χ3n) is 5.47. The van der Waals surface area contributed by atoms with Gasteiger partial charge in [0.05, 0.1) is 0 Å². The fraction of sp³-hybridized carbons (Fsp3) is 1.00. The van der Waals surface area contributed by atoms with Gasteiger partial charge >= 0.3 is 9.28 Å². The molecule has 2 aliphatic rings. The Morgan fingerprint density at radius 3 is 1.95 bits per heavy atom. The van der Waals surface area contributed by atoms with Crippen LogP contribution in [0.25, 0.3) is 0 Å². The van der Waals surface area contributed by atoms with Crippen LogP contribution in [0, 0.1) is 11.8 Å². The molecule has 0 radical (unpaired) electrons. The molecule has 0 heterocycles. The SMILES string of the molecule is CCO[SiH](OCC)C1(C2CCC(C)CC2)CCCC1. The van der Waals surface area contributed by atoms with Crippen LogP contribution in [0.15, 0.2) is 0 Å². The standard InChI is InChI=1S/C16H32O2Si/c1-4-17-19(18-5-2)16(12-6-7-13-16)15-10-8-14(3)9-11-15/h14-15,19H,4-13H2,1-3H3. The van der Waals surface area contributed by atoms with Gasteiger partial charge in [0.1, 0.15) is 0 Å². The van der Waals surface area contributed by atoms with E-state index in [1.54, 1.807) is 0 Å². The lowest BCUT2D eigenvalue weighted by Gasteiger charge is -2.44. The predicted octanol–water partition coefficient (Wildman–Crippen LogP) is 4.42. The highest BCUT2D eigenvalue weighted by molar-refractivity contribution is 6.49. The number of rotatable bonds is 6. The molecular formula is C16H32O2Si. The van der Waals surface area contributed by atoms with Gasteiger partial charge in [-0.15, -0.1) is 0 Å². The maximum absolute atomic E-state index is 6.17. The van der Waals surface area contributed by atoms with Gasteiger partial charge < -0.3 is 8.85 Å². The summed E-state index contributed by atoms with van der Waals surface area (Å²) in [7, 11) is -1.52. The van der Waals surface area contributed by atoms with Crippen molar-refractivity contribution >= 4 is 9.28 Å². The van der Waals surface area contributed by atoms with Crippen LogP contribution in [0.5, 0.6) is 0 Å². The van der Waals surface area contributed by atoms with Gasteiger partial charge in [0.15, 0.2) is 0 Å². The maximum atomic E-state index is 6.17. The van der Waals surface area contributed by atoms with E-state index in [9.17, 15) is 0 Å². The highest BCUT2D eigenvalue weighted by atomic mass is 28.3. The Kier molecular flexibility index (Phi) is 5.91. The van der Waals surface area contributed by atoms with Crippen molar-refractivity contribution in [3.8, 4) is 0 Å². The van der Waals surface area contributed by atoms with Gasteiger partial charge in [0, 0.05) is 18.3 Å². The number of hydrogen-bond acceptors (Lipinski definition) is 2. The van der Waals surface area contributed by atoms with Gasteiger partial charge in [-0.1, -0.05) is 32.6 Å². The van der Waals surface area contributed by atoms with Crippen LogP contribution in [0.2, 0.25) is 5.04 Å². The summed E-state index contributed by atoms with van der Waals surface area (Å²) in [5.74, 6) is 1.83. The summed E-state index contributed by atoms with van der Waals surface area (Å²) < 4.78 is 12.3. The Balaban J connectivity index is 2.11. The minimum Gasteiger partial charge on any atom is -0.396 e. The van der Waals surface area contributed by atoms with E-state index >= 15 is 0 Å². The Bertz CT molecular complexity index is 249. The molecule has 2 aliphatic carbocycles. The largest absolute Gasteiger partial charge is 0.396 e. The van der Waals surface area contributed by atoms with Crippen LogP contribution < -0.4 is 0 Å². The van der Waals surface area contributed by atoms with E-state index in [1.807, 2.05) is 0 Å². The minimum absolute atomic E-state index is 0.464. The van der Waals surface area contributed by atoms with Gasteiger partial charge in [-0.3, -0.25) is 0 Å². The van der Waals surface area contributed by atoms with Crippen LogP contribution in [-0.4, -0.2) is 22.5 Å². The van der Waals surface area contributed by atoms with Crippen molar-refractivity contribution in [3.05, 3.63) is 0 Å². The molecule has 0 aromatic heterocycles. The molecule has 3 heteroatoms. The lowest BCUT2D eigenvalue weighted by molar-refractivity contribution is 0.137. The second-order valence-corrected chi connectivity index (χ2v) is 9.12. The predicted molar refractivity (Wildman–Crippen MR) is 82.7 cm³/mol. The number of hydrogen-bond donors (Lipinski definition) is 0. The van der Waals surface area contributed by atoms with Crippen molar-refractivity contribution in [2.24, 2.45) is 11.8 Å². The summed E-state index contributed by atoms with van der Waals surface area (Å²) in [6, 6.07) is 0. The van der Waals surface area contributed by atoms with Crippen molar-refractivity contribution in [1.82, 2.24) is 0 Å². The van der Waals surface area contributed by atoms with Crippen LogP contribution in [0.1, 0.15) is 72.1 Å². The Labute approximate surface area is 121 Å². The molecule has 2 fully saturated rings. The van der Waals surface area contributed by atoms with E-state index in [0.717, 1.165) is 25.0 Å². The Morgan fingerprint density at radius 1 is 0.947 bits per heavy atom. The van der Waals surface area contributed by atoms with Crippen molar-refractivity contribution in [2.45, 2.75) is 77.2 Å². The minimum atomic E-state index is -1.52. The Hall–Kier alpha value is 0.137. The van der Waals surface area contributed by atoms with Crippen molar-refractivity contribution in [3.63, 3.8) is 0 Å². The zero-order chi connectivity index (χ0) is 13.7. The first kappa shape index (κ1) is 15.5. The third-order valence-corrected chi connectivity index (χ3v) is 8.73. The first-order valence-electron chi connectivity index (χ1n) is 8.46. The molecule has 0 unspecified atom stereocenters. The zero-order valence-corrected chi connectivity index (χ0v) is 14.3. The third kappa shape index (κ3) is 3.42. The summed E-state index contributed by atoms with van der Waals surface area (Å²) in [6.07, 6.45) is 11.2. The molecule has 0 aliphatic heterocycles. The van der Waals surface area contributed by atoms with Crippen LogP contribution in [-0.2, 0) is 8.85 Å². The molecule has 112 valence electrons. The normalized spacial score (nSPS) is 30.9. The summed E-state index contributed by atoms with van der Waals surface area (Å²) in [4.78, 5) is 0. The first-order valence-corrected chi connectivity index (χ1v) is 9.98. The van der Waals surface area contributed by atoms with E-state index in [-0.39, 0.29) is 0 Å². The van der Waals surface area contributed by atoms with Gasteiger partial charge in [-0.25, -0.2) is 0 Å². The van der Waals surface area contributed by atoms with Gasteiger partial charge in [-0.2, -0.15) is 0 Å². The van der Waals surface area contributed by atoms with E-state index < -0.39 is 9.28 Å². The fourth-order valence-corrected chi connectivity index (χ4v) is 7.35. The Morgan fingerprint density at radius 2 is 1.47 bits per heavy atom. The molecule has 2 nitrogen and oxygen atoms in total. The molecule has 19 heavy (non-hydrogen) atoms. The smallest absolute Gasteiger partial charge is 0.328 e. The van der Waals surface area contributed by atoms with Crippen molar-refractivity contribution in [2.75, 3.05) is 13.2 Å². The lowest BCUT2D eigenvalue weighted by atomic mass is 9.75. The van der Waals surface area contributed by atoms with Crippen LogP contribution in [0.3, 0.4) is 0 Å². The summed E-state index contributed by atoms with van der Waals surface area (Å²) in [6.45, 7) is 8.34. The van der Waals surface area contributed by atoms with E-state index in [4.69, 9.17) is 8.85 Å². The summed E-state index contributed by atoms with van der Waals surface area (Å²) in [5.41, 5.74) is 0. The maximum Gasteiger partial charge on any atom is 0.328 e. The molecule has 0 spiro atoms. The molecule has 0 aromatic carbocycles. The molecule has 0 N–H and O–H groups in total. The van der Waals surface area contributed by atoms with Gasteiger partial charge in [0.25, 0.3) is 0 Å². The molecule has 2 saturated carbocycles. The molecule has 0 bridgehead atoms. The molecule has 0 saturated heterocycles. The van der Waals surface area contributed by atoms with Crippen LogP contribution >= 0.6 is 0 Å². The average Bonchev–Trinajstić information content (AvgIpc) is 2.90. The first-order chi connectivity index (χ1) is 9.23. The zero-order valence-electron chi connectivity index (χ0n) is 13.1. The van der Waals surface area contributed by atoms with Crippen molar-refractivity contribution < 1.29 is 8.85 Å². The van der Waals surface area contributed by atoms with E-state index in [0.29, 0.717) is 5.04 Å². The van der Waals surface area contributed by atoms with E-state index in [2.05, 4.69) is 20.8 Å². The summed E-state index contributed by atoms with van der Waals surface area (Å²) >= 11 is 0.